The summed E-state index contributed by atoms with van der Waals surface area (Å²) in [6.07, 6.45) is -2.94. The molecule has 6 aromatic rings. The lowest BCUT2D eigenvalue weighted by molar-refractivity contribution is -0.137. The van der Waals surface area contributed by atoms with Crippen molar-refractivity contribution in [2.75, 3.05) is 9.80 Å². The summed E-state index contributed by atoms with van der Waals surface area (Å²) in [5.41, 5.74) is 33.6. The van der Waals surface area contributed by atoms with Crippen LogP contribution in [0.15, 0.2) is 30.3 Å². The molecule has 2 aliphatic heterocycles. The molecule has 2 aliphatic rings. The molecule has 6 aromatic carbocycles. The monoisotopic (exact) mass is 832 g/mol. The zero-order valence-corrected chi connectivity index (χ0v) is 40.3. The van der Waals surface area contributed by atoms with Gasteiger partial charge in [0.2, 0.25) is 0 Å². The number of anilines is 6. The average Bonchev–Trinajstić information content (AvgIpc) is 3.23. The van der Waals surface area contributed by atoms with Crippen LogP contribution in [0.3, 0.4) is 0 Å². The van der Waals surface area contributed by atoms with Crippen molar-refractivity contribution in [1.82, 2.24) is 0 Å². The standard InChI is InChI=1S/C57H63F3N2/c1-26-20-19-21-49(57(58,59)60)51(26)44-22-27(2)52(62-55-42(17)34(9)30(5)38(13)47(55)25-48-39(14)31(6)35(10)43(18)56(48)62)50(23-44)61-53-40(15)32(7)28(3)36(11)45(53)24-46-37(12)29(4)33(8)41(16)54(46)61/h19-23H,24-25H2,1-18H3. The van der Waals surface area contributed by atoms with E-state index in [-0.39, 0.29) is 5.56 Å². The van der Waals surface area contributed by atoms with Gasteiger partial charge in [-0.05, 0) is 276 Å². The Morgan fingerprint density at radius 2 is 0.710 bits per heavy atom. The van der Waals surface area contributed by atoms with Crippen molar-refractivity contribution in [1.29, 1.82) is 0 Å². The van der Waals surface area contributed by atoms with E-state index in [1.165, 1.54) is 135 Å². The van der Waals surface area contributed by atoms with Crippen LogP contribution in [0.1, 0.15) is 128 Å². The zero-order valence-electron chi connectivity index (χ0n) is 40.3. The van der Waals surface area contributed by atoms with Gasteiger partial charge >= 0.3 is 6.18 Å². The van der Waals surface area contributed by atoms with Crippen molar-refractivity contribution in [3.05, 3.63) is 158 Å². The third kappa shape index (κ3) is 5.96. The van der Waals surface area contributed by atoms with Gasteiger partial charge in [0.15, 0.2) is 0 Å². The SMILES string of the molecule is Cc1cccc(C(F)(F)F)c1-c1cc(C)c(N2c3c(C)c(C)c(C)c(C)c3Cc3c(C)c(C)c(C)c(C)c32)c(N2c3c(C)c(C)c(C)c(C)c3Cc3c(C)c(C)c(C)c(C)c32)c1. The molecule has 62 heavy (non-hydrogen) atoms. The summed E-state index contributed by atoms with van der Waals surface area (Å²) in [6, 6.07) is 8.71. The van der Waals surface area contributed by atoms with Gasteiger partial charge in [-0.3, -0.25) is 0 Å². The van der Waals surface area contributed by atoms with Crippen molar-refractivity contribution in [2.45, 2.75) is 144 Å². The summed E-state index contributed by atoms with van der Waals surface area (Å²) >= 11 is 0. The molecule has 2 nitrogen and oxygen atoms in total. The van der Waals surface area contributed by atoms with Crippen LogP contribution in [0.2, 0.25) is 0 Å². The fourth-order valence-corrected chi connectivity index (χ4v) is 11.3. The zero-order chi connectivity index (χ0) is 45.5. The first-order valence-corrected chi connectivity index (χ1v) is 22.2. The maximum Gasteiger partial charge on any atom is 0.417 e. The molecule has 0 atom stereocenters. The minimum atomic E-state index is -4.54. The maximum atomic E-state index is 15.2. The fourth-order valence-electron chi connectivity index (χ4n) is 11.3. The van der Waals surface area contributed by atoms with E-state index in [1.807, 2.05) is 19.1 Å². The Labute approximate surface area is 368 Å². The molecule has 0 N–H and O–H groups in total. The second-order valence-electron chi connectivity index (χ2n) is 19.0. The first-order valence-electron chi connectivity index (χ1n) is 22.2. The lowest BCUT2D eigenvalue weighted by atomic mass is 9.79. The van der Waals surface area contributed by atoms with Gasteiger partial charge in [0.25, 0.3) is 0 Å². The Morgan fingerprint density at radius 3 is 1.06 bits per heavy atom. The molecule has 0 unspecified atom stereocenters. The van der Waals surface area contributed by atoms with Crippen LogP contribution in [0.4, 0.5) is 47.3 Å². The highest BCUT2D eigenvalue weighted by atomic mass is 19.4. The van der Waals surface area contributed by atoms with E-state index >= 15 is 13.2 Å². The van der Waals surface area contributed by atoms with E-state index < -0.39 is 11.7 Å². The van der Waals surface area contributed by atoms with Gasteiger partial charge in [-0.25, -0.2) is 0 Å². The predicted octanol–water partition coefficient (Wildman–Crippen LogP) is 16.7. The van der Waals surface area contributed by atoms with Gasteiger partial charge in [0.05, 0.1) is 39.7 Å². The average molecular weight is 833 g/mol. The molecule has 0 bridgehead atoms. The molecule has 322 valence electrons. The van der Waals surface area contributed by atoms with Crippen LogP contribution in [0.25, 0.3) is 11.1 Å². The number of rotatable bonds is 3. The van der Waals surface area contributed by atoms with E-state index in [2.05, 4.69) is 134 Å². The lowest BCUT2D eigenvalue weighted by Crippen LogP contribution is -2.29. The topological polar surface area (TPSA) is 6.48 Å². The van der Waals surface area contributed by atoms with E-state index in [9.17, 15) is 0 Å². The molecule has 5 heteroatoms. The number of hydrogen-bond acceptors (Lipinski definition) is 2. The fraction of sp³-hybridized carbons (Fsp3) is 0.368. The largest absolute Gasteiger partial charge is 0.417 e. The van der Waals surface area contributed by atoms with Crippen LogP contribution >= 0.6 is 0 Å². The Balaban J connectivity index is 1.66. The van der Waals surface area contributed by atoms with Crippen molar-refractivity contribution in [3.8, 4) is 11.1 Å². The first kappa shape index (κ1) is 43.4. The van der Waals surface area contributed by atoms with Gasteiger partial charge in [-0.15, -0.1) is 0 Å². The summed E-state index contributed by atoms with van der Waals surface area (Å²) in [7, 11) is 0. The van der Waals surface area contributed by atoms with Gasteiger partial charge in [-0.1, -0.05) is 12.1 Å². The molecule has 8 rings (SSSR count). The number of benzene rings is 6. The number of halogens is 3. The molecule has 0 spiro atoms. The van der Waals surface area contributed by atoms with Gasteiger partial charge in [0, 0.05) is 12.8 Å². The Bertz CT molecular complexity index is 2840. The normalized spacial score (nSPS) is 13.4. The second-order valence-corrected chi connectivity index (χ2v) is 19.0. The van der Waals surface area contributed by atoms with Gasteiger partial charge in [-0.2, -0.15) is 13.2 Å². The molecule has 0 saturated carbocycles. The highest BCUT2D eigenvalue weighted by Crippen LogP contribution is 2.59. The molecule has 2 heterocycles. The van der Waals surface area contributed by atoms with Crippen LogP contribution < -0.4 is 9.80 Å². The van der Waals surface area contributed by atoms with Crippen molar-refractivity contribution in [2.24, 2.45) is 0 Å². The molecule has 0 aromatic heterocycles. The number of alkyl halides is 3. The predicted molar refractivity (Wildman–Crippen MR) is 257 cm³/mol. The van der Waals surface area contributed by atoms with Crippen molar-refractivity contribution >= 4 is 34.1 Å². The quantitative estimate of drug-likeness (QED) is 0.175. The van der Waals surface area contributed by atoms with Crippen LogP contribution in [0, 0.1) is 125 Å². The smallest absolute Gasteiger partial charge is 0.307 e. The van der Waals surface area contributed by atoms with Crippen LogP contribution in [0.5, 0.6) is 0 Å². The molecule has 0 radical (unpaired) electrons. The van der Waals surface area contributed by atoms with Gasteiger partial charge < -0.3 is 9.80 Å². The Kier molecular flexibility index (Phi) is 10.2. The van der Waals surface area contributed by atoms with E-state index in [4.69, 9.17) is 0 Å². The van der Waals surface area contributed by atoms with Crippen LogP contribution in [-0.2, 0) is 19.0 Å². The van der Waals surface area contributed by atoms with E-state index in [0.29, 0.717) is 11.1 Å². The summed E-state index contributed by atoms with van der Waals surface area (Å²) in [6.45, 7) is 39.9. The maximum absolute atomic E-state index is 15.2. The highest BCUT2D eigenvalue weighted by molar-refractivity contribution is 6.02. The number of hydrogen-bond donors (Lipinski definition) is 0. The van der Waals surface area contributed by atoms with Crippen molar-refractivity contribution < 1.29 is 13.2 Å². The number of fused-ring (bicyclic) bond motifs is 4. The Hall–Kier alpha value is -5.29. The summed E-state index contributed by atoms with van der Waals surface area (Å²) in [5.74, 6) is 0. The lowest BCUT2D eigenvalue weighted by Gasteiger charge is -2.45. The summed E-state index contributed by atoms with van der Waals surface area (Å²) in [4.78, 5) is 5.05. The molecular formula is C57H63F3N2. The third-order valence-electron chi connectivity index (χ3n) is 16.3. The highest BCUT2D eigenvalue weighted by Gasteiger charge is 2.40. The van der Waals surface area contributed by atoms with Crippen LogP contribution in [-0.4, -0.2) is 0 Å². The molecule has 0 saturated heterocycles. The van der Waals surface area contributed by atoms with Crippen molar-refractivity contribution in [3.63, 3.8) is 0 Å². The van der Waals surface area contributed by atoms with E-state index in [1.54, 1.807) is 0 Å². The number of aryl methyl sites for hydroxylation is 2. The molecule has 0 amide bonds. The minimum Gasteiger partial charge on any atom is -0.307 e. The first-order chi connectivity index (χ1) is 28.9. The molecule has 0 fully saturated rings. The van der Waals surface area contributed by atoms with Gasteiger partial charge in [0.1, 0.15) is 0 Å². The third-order valence-corrected chi connectivity index (χ3v) is 16.3. The molecule has 0 aliphatic carbocycles. The van der Waals surface area contributed by atoms with E-state index in [0.717, 1.165) is 41.2 Å². The minimum absolute atomic E-state index is 0.228. The summed E-state index contributed by atoms with van der Waals surface area (Å²) < 4.78 is 45.6. The number of nitrogens with zero attached hydrogens (tertiary/aromatic N) is 2. The Morgan fingerprint density at radius 1 is 0.371 bits per heavy atom. The molecular weight excluding hydrogens is 770 g/mol. The summed E-state index contributed by atoms with van der Waals surface area (Å²) in [5, 5.41) is 0. The second kappa shape index (κ2) is 14.6.